The molecule has 24 heavy (non-hydrogen) atoms. The van der Waals surface area contributed by atoms with E-state index in [0.717, 1.165) is 5.29 Å². The minimum absolute atomic E-state index is 0.390. The zero-order valence-electron chi connectivity index (χ0n) is 15.8. The topological polar surface area (TPSA) is 76.8 Å². The van der Waals surface area contributed by atoms with Gasteiger partial charge in [-0.1, -0.05) is 6.07 Å². The van der Waals surface area contributed by atoms with Crippen molar-refractivity contribution in [1.29, 1.82) is 0 Å². The van der Waals surface area contributed by atoms with Crippen molar-refractivity contribution in [2.24, 2.45) is 5.73 Å². The third-order valence-corrected chi connectivity index (χ3v) is 3.98. The van der Waals surface area contributed by atoms with Gasteiger partial charge >= 0.3 is 0 Å². The Kier molecular flexibility index (Phi) is 7.09. The van der Waals surface area contributed by atoms with Crippen LogP contribution in [0.5, 0.6) is 17.2 Å². The Morgan fingerprint density at radius 1 is 1.04 bits per heavy atom. The monoisotopic (exact) mass is 355 g/mol. The number of nitrogens with two attached hydrogens (primary N) is 1. The lowest BCUT2D eigenvalue weighted by Crippen LogP contribution is -2.26. The molecule has 1 rings (SSSR count). The van der Waals surface area contributed by atoms with Crippen LogP contribution in [0.1, 0.15) is 54.9 Å². The third-order valence-electron chi connectivity index (χ3n) is 2.77. The van der Waals surface area contributed by atoms with Crippen molar-refractivity contribution in [3.05, 3.63) is 18.2 Å². The maximum Gasteiger partial charge on any atom is 0.276 e. The van der Waals surface area contributed by atoms with Gasteiger partial charge in [0.2, 0.25) is 11.5 Å². The highest BCUT2D eigenvalue weighted by molar-refractivity contribution is 7.47. The molecule has 0 aromatic heterocycles. The normalized spacial score (nSPS) is 13.4. The van der Waals surface area contributed by atoms with Gasteiger partial charge in [-0.05, 0) is 67.1 Å². The second kappa shape index (κ2) is 8.19. The highest BCUT2D eigenvalue weighted by Gasteiger charge is 2.25. The van der Waals surface area contributed by atoms with Crippen molar-refractivity contribution >= 4 is 13.3 Å². The molecule has 0 bridgehead atoms. The fourth-order valence-corrected chi connectivity index (χ4v) is 2.64. The first-order valence-corrected chi connectivity index (χ1v) is 9.29. The van der Waals surface area contributed by atoms with E-state index in [1.165, 1.54) is 0 Å². The average Bonchev–Trinajstić information content (AvgIpc) is 2.39. The zero-order valence-corrected chi connectivity index (χ0v) is 16.7. The van der Waals surface area contributed by atoms with Crippen LogP contribution in [0.4, 0.5) is 0 Å². The van der Waals surface area contributed by atoms with Crippen LogP contribution in [0.2, 0.25) is 0 Å². The number of hydrogen-bond acceptors (Lipinski definition) is 5. The molecule has 0 amide bonds. The van der Waals surface area contributed by atoms with Gasteiger partial charge < -0.3 is 20.1 Å². The lowest BCUT2D eigenvalue weighted by molar-refractivity contribution is -0.166. The number of para-hydroxylation sites is 1. The summed E-state index contributed by atoms with van der Waals surface area (Å²) in [5.74, 6) is 1.43. The SMILES string of the molecule is C/C(CCN)=[P+](/[O-])Oc1cccc(OC(C)(C)C)c1OC(C)(C)C. The van der Waals surface area contributed by atoms with Gasteiger partial charge in [0.05, 0.1) is 0 Å². The van der Waals surface area contributed by atoms with E-state index >= 15 is 0 Å². The van der Waals surface area contributed by atoms with Gasteiger partial charge in [0, 0.05) is 6.42 Å². The van der Waals surface area contributed by atoms with E-state index in [9.17, 15) is 4.89 Å². The number of rotatable bonds is 6. The van der Waals surface area contributed by atoms with Gasteiger partial charge in [0.1, 0.15) is 16.5 Å². The fraction of sp³-hybridized carbons (Fsp3) is 0.611. The summed E-state index contributed by atoms with van der Waals surface area (Å²) in [6, 6.07) is 5.36. The molecule has 0 spiro atoms. The molecule has 0 aliphatic rings. The predicted molar refractivity (Wildman–Crippen MR) is 99.1 cm³/mol. The van der Waals surface area contributed by atoms with Crippen molar-refractivity contribution in [1.82, 2.24) is 0 Å². The highest BCUT2D eigenvalue weighted by atomic mass is 31.1. The van der Waals surface area contributed by atoms with Crippen molar-refractivity contribution in [2.75, 3.05) is 6.54 Å². The Hall–Kier alpha value is -1.29. The molecule has 1 aromatic rings. The summed E-state index contributed by atoms with van der Waals surface area (Å²) in [6.07, 6.45) is 0.558. The Bertz CT molecular complexity index is 586. The molecule has 136 valence electrons. The van der Waals surface area contributed by atoms with Crippen LogP contribution in [-0.2, 0) is 0 Å². The number of hydrogen-bond donors (Lipinski definition) is 1. The minimum atomic E-state index is -1.98. The summed E-state index contributed by atoms with van der Waals surface area (Å²) in [5, 5.41) is 0.719. The Balaban J connectivity index is 3.28. The van der Waals surface area contributed by atoms with Crippen LogP contribution in [0, 0.1) is 0 Å². The highest BCUT2D eigenvalue weighted by Crippen LogP contribution is 2.43. The van der Waals surface area contributed by atoms with Crippen molar-refractivity contribution < 1.29 is 18.9 Å². The maximum absolute atomic E-state index is 12.4. The van der Waals surface area contributed by atoms with Crippen LogP contribution in [0.15, 0.2) is 18.2 Å². The molecule has 0 aliphatic heterocycles. The maximum atomic E-state index is 12.4. The lowest BCUT2D eigenvalue weighted by atomic mass is 10.1. The molecule has 0 fully saturated rings. The first kappa shape index (κ1) is 20.8. The summed E-state index contributed by atoms with van der Waals surface area (Å²) in [5.41, 5.74) is 4.68. The molecule has 0 radical (unpaired) electrons. The fourth-order valence-electron chi connectivity index (χ4n) is 1.85. The zero-order chi connectivity index (χ0) is 18.5. The molecule has 2 N–H and O–H groups in total. The third kappa shape index (κ3) is 7.08. The molecule has 1 atom stereocenters. The molecule has 6 heteroatoms. The van der Waals surface area contributed by atoms with Crippen LogP contribution < -0.4 is 24.6 Å². The standard InChI is InChI=1S/C18H30NO4P/c1-13(11-12-19)24(20)23-15-10-8-9-14(21-17(2,3)4)16(15)22-18(5,6)7/h8-10H,11-12,19H2,1-7H3. The summed E-state index contributed by atoms with van der Waals surface area (Å²) in [6.45, 7) is 13.9. The molecule has 0 aliphatic carbocycles. The molecule has 0 heterocycles. The van der Waals surface area contributed by atoms with Gasteiger partial charge in [-0.2, -0.15) is 0 Å². The Morgan fingerprint density at radius 2 is 1.58 bits per heavy atom. The van der Waals surface area contributed by atoms with Gasteiger partial charge in [-0.15, -0.1) is 0 Å². The second-order valence-electron chi connectivity index (χ2n) is 7.63. The van der Waals surface area contributed by atoms with Gasteiger partial charge in [-0.25, -0.2) is 0 Å². The summed E-state index contributed by atoms with van der Waals surface area (Å²) >= 11 is 0. The molecule has 5 nitrogen and oxygen atoms in total. The number of ether oxygens (including phenoxy) is 2. The van der Waals surface area contributed by atoms with E-state index in [0.29, 0.717) is 30.2 Å². The second-order valence-corrected chi connectivity index (χ2v) is 9.09. The minimum Gasteiger partial charge on any atom is -0.595 e. The van der Waals surface area contributed by atoms with Gasteiger partial charge in [0.25, 0.3) is 8.00 Å². The van der Waals surface area contributed by atoms with Crippen LogP contribution in [-0.4, -0.2) is 23.0 Å². The van der Waals surface area contributed by atoms with E-state index in [1.54, 1.807) is 19.1 Å². The lowest BCUT2D eigenvalue weighted by Gasteiger charge is -2.27. The van der Waals surface area contributed by atoms with Gasteiger partial charge in [0.15, 0.2) is 5.75 Å². The van der Waals surface area contributed by atoms with E-state index < -0.39 is 19.2 Å². The molecular formula is C18H30NO4P. The molecule has 0 saturated heterocycles. The summed E-state index contributed by atoms with van der Waals surface area (Å²) in [7, 11) is -1.98. The van der Waals surface area contributed by atoms with Crippen LogP contribution in [0.25, 0.3) is 0 Å². The van der Waals surface area contributed by atoms with Crippen LogP contribution >= 0.6 is 8.00 Å². The molecule has 0 saturated carbocycles. The van der Waals surface area contributed by atoms with E-state index in [1.807, 2.05) is 47.6 Å². The number of benzene rings is 1. The van der Waals surface area contributed by atoms with Crippen molar-refractivity contribution in [2.45, 2.75) is 66.1 Å². The van der Waals surface area contributed by atoms with Crippen molar-refractivity contribution in [3.63, 3.8) is 0 Å². The first-order valence-electron chi connectivity index (χ1n) is 8.12. The summed E-state index contributed by atoms with van der Waals surface area (Å²) < 4.78 is 17.7. The summed E-state index contributed by atoms with van der Waals surface area (Å²) in [4.78, 5) is 12.4. The quantitative estimate of drug-likeness (QED) is 0.789. The van der Waals surface area contributed by atoms with Crippen LogP contribution in [0.3, 0.4) is 0 Å². The molecule has 1 unspecified atom stereocenters. The van der Waals surface area contributed by atoms with Crippen molar-refractivity contribution in [3.8, 4) is 17.2 Å². The Morgan fingerprint density at radius 3 is 2.08 bits per heavy atom. The van der Waals surface area contributed by atoms with E-state index in [2.05, 4.69) is 0 Å². The largest absolute Gasteiger partial charge is 0.595 e. The molecule has 1 aromatic carbocycles. The Labute approximate surface area is 146 Å². The van der Waals surface area contributed by atoms with Gasteiger partial charge in [-0.3, -0.25) is 4.52 Å². The smallest absolute Gasteiger partial charge is 0.276 e. The van der Waals surface area contributed by atoms with E-state index in [-0.39, 0.29) is 0 Å². The van der Waals surface area contributed by atoms with E-state index in [4.69, 9.17) is 19.7 Å². The first-order chi connectivity index (χ1) is 10.9. The average molecular weight is 355 g/mol. The predicted octanol–water partition coefficient (Wildman–Crippen LogP) is 3.63. The molecular weight excluding hydrogens is 325 g/mol.